The lowest BCUT2D eigenvalue weighted by Crippen LogP contribution is -2.30. The van der Waals surface area contributed by atoms with E-state index >= 15 is 0 Å². The minimum atomic E-state index is -0.0642. The number of H-pyrrole nitrogens is 1. The molecule has 18 heavy (non-hydrogen) atoms. The van der Waals surface area contributed by atoms with Crippen molar-refractivity contribution in [3.8, 4) is 0 Å². The van der Waals surface area contributed by atoms with E-state index in [1.807, 2.05) is 27.1 Å². The third-order valence-corrected chi connectivity index (χ3v) is 2.73. The third-order valence-electron chi connectivity index (χ3n) is 2.73. The lowest BCUT2D eigenvalue weighted by Gasteiger charge is -2.18. The van der Waals surface area contributed by atoms with Crippen molar-refractivity contribution in [2.24, 2.45) is 7.05 Å². The van der Waals surface area contributed by atoms with Crippen LogP contribution in [0.15, 0.2) is 18.5 Å². The third kappa shape index (κ3) is 2.58. The summed E-state index contributed by atoms with van der Waals surface area (Å²) in [5, 5.41) is 10.9. The number of nitrogens with zero attached hydrogens (tertiary/aromatic N) is 4. The van der Waals surface area contributed by atoms with E-state index in [0.29, 0.717) is 18.8 Å². The molecule has 2 rings (SSSR count). The zero-order chi connectivity index (χ0) is 13.1. The predicted molar refractivity (Wildman–Crippen MR) is 66.9 cm³/mol. The van der Waals surface area contributed by atoms with Crippen molar-refractivity contribution >= 4 is 5.91 Å². The Morgan fingerprint density at radius 3 is 2.83 bits per heavy atom. The van der Waals surface area contributed by atoms with E-state index in [1.165, 1.54) is 0 Å². The molecule has 0 unspecified atom stereocenters. The standard InChI is InChI=1S/C12H17N5O/c1-4-17(8-10-6-13-16(3)7-10)12(18)11-5-9(2)14-15-11/h5-7H,4,8H2,1-3H3,(H,14,15). The number of rotatable bonds is 4. The molecule has 0 aliphatic rings. The first-order valence-corrected chi connectivity index (χ1v) is 5.89. The summed E-state index contributed by atoms with van der Waals surface area (Å²) in [7, 11) is 1.86. The van der Waals surface area contributed by atoms with Gasteiger partial charge in [-0.25, -0.2) is 0 Å². The Morgan fingerprint density at radius 2 is 2.33 bits per heavy atom. The fraction of sp³-hybridized carbons (Fsp3) is 0.417. The Morgan fingerprint density at radius 1 is 1.56 bits per heavy atom. The second kappa shape index (κ2) is 5.03. The van der Waals surface area contributed by atoms with Gasteiger partial charge in [-0.15, -0.1) is 0 Å². The lowest BCUT2D eigenvalue weighted by atomic mass is 10.3. The number of carbonyl (C=O) groups is 1. The SMILES string of the molecule is CCN(Cc1cnn(C)c1)C(=O)c1cc(C)[nH]n1. The number of amides is 1. The monoisotopic (exact) mass is 247 g/mol. The number of hydrogen-bond acceptors (Lipinski definition) is 3. The van der Waals surface area contributed by atoms with Gasteiger partial charge in [-0.05, 0) is 19.9 Å². The Kier molecular flexibility index (Phi) is 3.45. The summed E-state index contributed by atoms with van der Waals surface area (Å²) >= 11 is 0. The van der Waals surface area contributed by atoms with E-state index in [9.17, 15) is 4.79 Å². The van der Waals surface area contributed by atoms with E-state index < -0.39 is 0 Å². The van der Waals surface area contributed by atoms with E-state index in [0.717, 1.165) is 11.3 Å². The van der Waals surface area contributed by atoms with Gasteiger partial charge in [-0.1, -0.05) is 0 Å². The van der Waals surface area contributed by atoms with Gasteiger partial charge in [-0.2, -0.15) is 10.2 Å². The summed E-state index contributed by atoms with van der Waals surface area (Å²) in [6.45, 7) is 5.02. The molecule has 96 valence electrons. The molecule has 1 amide bonds. The van der Waals surface area contributed by atoms with Crippen molar-refractivity contribution in [2.75, 3.05) is 6.54 Å². The summed E-state index contributed by atoms with van der Waals surface area (Å²) in [4.78, 5) is 14.0. The van der Waals surface area contributed by atoms with Crippen LogP contribution in [0.2, 0.25) is 0 Å². The van der Waals surface area contributed by atoms with E-state index in [-0.39, 0.29) is 5.91 Å². The lowest BCUT2D eigenvalue weighted by molar-refractivity contribution is 0.0746. The van der Waals surface area contributed by atoms with E-state index in [4.69, 9.17) is 0 Å². The quantitative estimate of drug-likeness (QED) is 0.880. The molecule has 2 aromatic heterocycles. The highest BCUT2D eigenvalue weighted by Gasteiger charge is 2.17. The average Bonchev–Trinajstić information content (AvgIpc) is 2.94. The highest BCUT2D eigenvalue weighted by Crippen LogP contribution is 2.08. The maximum Gasteiger partial charge on any atom is 0.274 e. The molecule has 6 nitrogen and oxygen atoms in total. The molecule has 0 bridgehead atoms. The number of carbonyl (C=O) groups excluding carboxylic acids is 1. The molecule has 6 heteroatoms. The number of hydrogen-bond donors (Lipinski definition) is 1. The number of aromatic amines is 1. The predicted octanol–water partition coefficient (Wildman–Crippen LogP) is 1.11. The Labute approximate surface area is 106 Å². The van der Waals surface area contributed by atoms with Crippen molar-refractivity contribution in [1.82, 2.24) is 24.9 Å². The van der Waals surface area contributed by atoms with Gasteiger partial charge in [0.1, 0.15) is 5.69 Å². The van der Waals surface area contributed by atoms with Gasteiger partial charge in [-0.3, -0.25) is 14.6 Å². The highest BCUT2D eigenvalue weighted by molar-refractivity contribution is 5.92. The molecule has 0 aliphatic carbocycles. The van der Waals surface area contributed by atoms with E-state index in [1.54, 1.807) is 21.8 Å². The summed E-state index contributed by atoms with van der Waals surface area (Å²) in [6, 6.07) is 1.76. The van der Waals surface area contributed by atoms with Crippen molar-refractivity contribution in [1.29, 1.82) is 0 Å². The molecule has 2 aromatic rings. The summed E-state index contributed by atoms with van der Waals surface area (Å²) in [6.07, 6.45) is 3.68. The average molecular weight is 247 g/mol. The van der Waals surface area contributed by atoms with Crippen molar-refractivity contribution in [3.05, 3.63) is 35.4 Å². The molecule has 0 saturated carbocycles. The molecule has 0 spiro atoms. The van der Waals surface area contributed by atoms with Crippen molar-refractivity contribution in [2.45, 2.75) is 20.4 Å². The van der Waals surface area contributed by atoms with Gasteiger partial charge in [0.25, 0.3) is 5.91 Å². The summed E-state index contributed by atoms with van der Waals surface area (Å²) < 4.78 is 1.73. The van der Waals surface area contributed by atoms with Crippen LogP contribution in [0.1, 0.15) is 28.7 Å². The minimum absolute atomic E-state index is 0.0642. The maximum atomic E-state index is 12.2. The molecule has 0 aromatic carbocycles. The van der Waals surface area contributed by atoms with Gasteiger partial charge >= 0.3 is 0 Å². The van der Waals surface area contributed by atoms with Gasteiger partial charge in [0.05, 0.1) is 6.20 Å². The second-order valence-electron chi connectivity index (χ2n) is 4.28. The zero-order valence-electron chi connectivity index (χ0n) is 10.8. The van der Waals surface area contributed by atoms with E-state index in [2.05, 4.69) is 15.3 Å². The molecular formula is C12H17N5O. The minimum Gasteiger partial charge on any atom is -0.333 e. The summed E-state index contributed by atoms with van der Waals surface area (Å²) in [5.74, 6) is -0.0642. The second-order valence-corrected chi connectivity index (χ2v) is 4.28. The molecule has 2 heterocycles. The Hall–Kier alpha value is -2.11. The molecular weight excluding hydrogens is 230 g/mol. The molecule has 1 N–H and O–H groups in total. The van der Waals surface area contributed by atoms with Crippen LogP contribution in [-0.2, 0) is 13.6 Å². The topological polar surface area (TPSA) is 66.8 Å². The molecule has 0 radical (unpaired) electrons. The highest BCUT2D eigenvalue weighted by atomic mass is 16.2. The maximum absolute atomic E-state index is 12.2. The molecule has 0 fully saturated rings. The van der Waals surface area contributed by atoms with Crippen molar-refractivity contribution < 1.29 is 4.79 Å². The number of aryl methyl sites for hydroxylation is 2. The van der Waals surface area contributed by atoms with Crippen LogP contribution < -0.4 is 0 Å². The fourth-order valence-electron chi connectivity index (χ4n) is 1.79. The van der Waals surface area contributed by atoms with Crippen LogP contribution in [-0.4, -0.2) is 37.3 Å². The molecule has 0 saturated heterocycles. The largest absolute Gasteiger partial charge is 0.333 e. The first kappa shape index (κ1) is 12.3. The zero-order valence-corrected chi connectivity index (χ0v) is 10.8. The number of nitrogens with one attached hydrogen (secondary N) is 1. The first-order valence-electron chi connectivity index (χ1n) is 5.89. The Bertz CT molecular complexity index is 542. The number of aromatic nitrogens is 4. The van der Waals surface area contributed by atoms with Crippen LogP contribution in [0.25, 0.3) is 0 Å². The van der Waals surface area contributed by atoms with Crippen LogP contribution in [0.4, 0.5) is 0 Å². The van der Waals surface area contributed by atoms with Crippen LogP contribution in [0.3, 0.4) is 0 Å². The fourth-order valence-corrected chi connectivity index (χ4v) is 1.79. The first-order chi connectivity index (χ1) is 8.60. The normalized spacial score (nSPS) is 10.6. The summed E-state index contributed by atoms with van der Waals surface area (Å²) in [5.41, 5.74) is 2.36. The van der Waals surface area contributed by atoms with Gasteiger partial charge in [0.2, 0.25) is 0 Å². The van der Waals surface area contributed by atoms with Crippen LogP contribution >= 0.6 is 0 Å². The Balaban J connectivity index is 2.11. The van der Waals surface area contributed by atoms with Crippen molar-refractivity contribution in [3.63, 3.8) is 0 Å². The van der Waals surface area contributed by atoms with Crippen LogP contribution in [0, 0.1) is 6.92 Å². The van der Waals surface area contributed by atoms with Gasteiger partial charge in [0, 0.05) is 37.6 Å². The van der Waals surface area contributed by atoms with Gasteiger partial charge < -0.3 is 4.90 Å². The van der Waals surface area contributed by atoms with Crippen LogP contribution in [0.5, 0.6) is 0 Å². The van der Waals surface area contributed by atoms with Gasteiger partial charge in [0.15, 0.2) is 0 Å². The smallest absolute Gasteiger partial charge is 0.274 e. The molecule has 0 atom stereocenters. The molecule has 0 aliphatic heterocycles.